The molecule has 1 amide bonds. The molecule has 0 unspecified atom stereocenters. The fourth-order valence-corrected chi connectivity index (χ4v) is 3.01. The van der Waals surface area contributed by atoms with Crippen LogP contribution in [0.25, 0.3) is 10.1 Å². The number of carbonyl (C=O) groups excluding carboxylic acids is 1. The van der Waals surface area contributed by atoms with Gasteiger partial charge in [0.15, 0.2) is 0 Å². The van der Waals surface area contributed by atoms with Gasteiger partial charge in [-0.25, -0.2) is 4.79 Å². The van der Waals surface area contributed by atoms with Crippen molar-refractivity contribution in [1.82, 2.24) is 5.32 Å². The third kappa shape index (κ3) is 2.58. The Morgan fingerprint density at radius 1 is 1.41 bits per heavy atom. The molecule has 0 atom stereocenters. The van der Waals surface area contributed by atoms with E-state index in [9.17, 15) is 4.79 Å². The van der Waals surface area contributed by atoms with Gasteiger partial charge < -0.3 is 10.1 Å². The smallest absolute Gasteiger partial charge is 0.406 e. The van der Waals surface area contributed by atoms with Crippen molar-refractivity contribution in [1.29, 1.82) is 0 Å². The van der Waals surface area contributed by atoms with Gasteiger partial charge in [0.25, 0.3) is 0 Å². The summed E-state index contributed by atoms with van der Waals surface area (Å²) >= 11 is 1.80. The number of rotatable bonds is 3. The zero-order valence-corrected chi connectivity index (χ0v) is 10.8. The number of benzene rings is 1. The molecule has 3 nitrogen and oxygen atoms in total. The number of ether oxygens (including phenoxy) is 1. The van der Waals surface area contributed by atoms with Gasteiger partial charge in [0.1, 0.15) is 0 Å². The van der Waals surface area contributed by atoms with Crippen LogP contribution in [0.4, 0.5) is 4.79 Å². The minimum atomic E-state index is -0.373. The SMILES string of the molecule is COC(=O)NCCc1c(C)sc2ccccc12. The van der Waals surface area contributed by atoms with Crippen molar-refractivity contribution in [2.75, 3.05) is 13.7 Å². The Bertz CT molecular complexity index is 533. The van der Waals surface area contributed by atoms with Gasteiger partial charge in [-0.2, -0.15) is 0 Å². The van der Waals surface area contributed by atoms with Crippen molar-refractivity contribution in [2.45, 2.75) is 13.3 Å². The standard InChI is InChI=1S/C13H15NO2S/c1-9-10(7-8-14-13(15)16-2)11-5-3-4-6-12(11)17-9/h3-6H,7-8H2,1-2H3,(H,14,15). The normalized spacial score (nSPS) is 10.5. The van der Waals surface area contributed by atoms with Crippen LogP contribution in [0.5, 0.6) is 0 Å². The first kappa shape index (κ1) is 11.9. The van der Waals surface area contributed by atoms with E-state index in [1.54, 1.807) is 11.3 Å². The lowest BCUT2D eigenvalue weighted by Gasteiger charge is -2.04. The third-order valence-corrected chi connectivity index (χ3v) is 3.86. The van der Waals surface area contributed by atoms with Crippen LogP contribution in [-0.2, 0) is 11.2 Å². The van der Waals surface area contributed by atoms with Crippen molar-refractivity contribution in [3.63, 3.8) is 0 Å². The molecule has 0 aliphatic heterocycles. The predicted octanol–water partition coefficient (Wildman–Crippen LogP) is 3.11. The Hall–Kier alpha value is -1.55. The summed E-state index contributed by atoms with van der Waals surface area (Å²) in [6.07, 6.45) is 0.465. The van der Waals surface area contributed by atoms with Crippen LogP contribution in [0.1, 0.15) is 10.4 Å². The number of methoxy groups -OCH3 is 1. The molecule has 90 valence electrons. The molecule has 4 heteroatoms. The summed E-state index contributed by atoms with van der Waals surface area (Å²) in [5.74, 6) is 0. The van der Waals surface area contributed by atoms with E-state index in [4.69, 9.17) is 0 Å². The average molecular weight is 249 g/mol. The first-order chi connectivity index (χ1) is 8.22. The van der Waals surface area contributed by atoms with Crippen molar-refractivity contribution in [3.05, 3.63) is 34.7 Å². The number of thiophene rings is 1. The van der Waals surface area contributed by atoms with Gasteiger partial charge >= 0.3 is 6.09 Å². The van der Waals surface area contributed by atoms with Crippen LogP contribution in [0.3, 0.4) is 0 Å². The maximum atomic E-state index is 11.0. The second kappa shape index (κ2) is 5.19. The molecule has 0 spiro atoms. The lowest BCUT2D eigenvalue weighted by molar-refractivity contribution is 0.171. The number of hydrogen-bond donors (Lipinski definition) is 1. The highest BCUT2D eigenvalue weighted by Gasteiger charge is 2.08. The van der Waals surface area contributed by atoms with Crippen LogP contribution in [0.15, 0.2) is 24.3 Å². The molecule has 0 radical (unpaired) electrons. The summed E-state index contributed by atoms with van der Waals surface area (Å²) in [6.45, 7) is 2.73. The van der Waals surface area contributed by atoms with Crippen LogP contribution < -0.4 is 5.32 Å². The van der Waals surface area contributed by atoms with Crippen molar-refractivity contribution >= 4 is 27.5 Å². The minimum absolute atomic E-state index is 0.373. The van der Waals surface area contributed by atoms with Crippen LogP contribution >= 0.6 is 11.3 Å². The summed E-state index contributed by atoms with van der Waals surface area (Å²) < 4.78 is 5.84. The summed E-state index contributed by atoms with van der Waals surface area (Å²) in [7, 11) is 1.38. The summed E-state index contributed by atoms with van der Waals surface area (Å²) in [5, 5.41) is 4.00. The molecular formula is C13H15NO2S. The lowest BCUT2D eigenvalue weighted by atomic mass is 10.1. The van der Waals surface area contributed by atoms with E-state index in [1.165, 1.54) is 27.6 Å². The fourth-order valence-electron chi connectivity index (χ4n) is 1.89. The monoisotopic (exact) mass is 249 g/mol. The maximum Gasteiger partial charge on any atom is 0.406 e. The molecule has 0 aliphatic carbocycles. The molecule has 2 aromatic rings. The predicted molar refractivity (Wildman–Crippen MR) is 70.7 cm³/mol. The quantitative estimate of drug-likeness (QED) is 0.907. The highest BCUT2D eigenvalue weighted by atomic mass is 32.1. The first-order valence-corrected chi connectivity index (χ1v) is 6.33. The third-order valence-electron chi connectivity index (χ3n) is 2.73. The molecule has 1 aromatic carbocycles. The van der Waals surface area contributed by atoms with Crippen molar-refractivity contribution in [3.8, 4) is 0 Å². The highest BCUT2D eigenvalue weighted by molar-refractivity contribution is 7.19. The van der Waals surface area contributed by atoms with Crippen LogP contribution in [-0.4, -0.2) is 19.7 Å². The van der Waals surface area contributed by atoms with E-state index in [0.717, 1.165) is 6.42 Å². The molecule has 0 saturated carbocycles. The summed E-state index contributed by atoms with van der Waals surface area (Å²) in [4.78, 5) is 12.3. The lowest BCUT2D eigenvalue weighted by Crippen LogP contribution is -2.25. The van der Waals surface area contributed by atoms with E-state index in [2.05, 4.69) is 35.2 Å². The van der Waals surface area contributed by atoms with Gasteiger partial charge in [0.05, 0.1) is 7.11 Å². The Kier molecular flexibility index (Phi) is 3.64. The Labute approximate surface area is 104 Å². The molecular weight excluding hydrogens is 234 g/mol. The van der Waals surface area contributed by atoms with E-state index in [-0.39, 0.29) is 6.09 Å². The second-order valence-corrected chi connectivity index (χ2v) is 5.06. The van der Waals surface area contributed by atoms with Crippen molar-refractivity contribution in [2.24, 2.45) is 0 Å². The fraction of sp³-hybridized carbons (Fsp3) is 0.308. The number of aryl methyl sites for hydroxylation is 1. The molecule has 2 rings (SSSR count). The Morgan fingerprint density at radius 2 is 2.18 bits per heavy atom. The molecule has 1 heterocycles. The minimum Gasteiger partial charge on any atom is -0.453 e. The van der Waals surface area contributed by atoms with Crippen LogP contribution in [0, 0.1) is 6.92 Å². The first-order valence-electron chi connectivity index (χ1n) is 5.51. The summed E-state index contributed by atoms with van der Waals surface area (Å²) in [5.41, 5.74) is 1.32. The molecule has 1 aromatic heterocycles. The number of nitrogens with one attached hydrogen (secondary N) is 1. The maximum absolute atomic E-state index is 11.0. The molecule has 0 aliphatic rings. The van der Waals surface area contributed by atoms with Gasteiger partial charge in [0, 0.05) is 16.1 Å². The zero-order chi connectivity index (χ0) is 12.3. The van der Waals surface area contributed by atoms with E-state index >= 15 is 0 Å². The number of amides is 1. The zero-order valence-electron chi connectivity index (χ0n) is 9.95. The Morgan fingerprint density at radius 3 is 2.94 bits per heavy atom. The van der Waals surface area contributed by atoms with Gasteiger partial charge in [0.2, 0.25) is 0 Å². The van der Waals surface area contributed by atoms with Gasteiger partial charge in [-0.05, 0) is 30.4 Å². The highest BCUT2D eigenvalue weighted by Crippen LogP contribution is 2.30. The molecule has 0 bridgehead atoms. The molecule has 17 heavy (non-hydrogen) atoms. The van der Waals surface area contributed by atoms with Gasteiger partial charge in [-0.3, -0.25) is 0 Å². The number of fused-ring (bicyclic) bond motifs is 1. The van der Waals surface area contributed by atoms with Crippen LogP contribution in [0.2, 0.25) is 0 Å². The van der Waals surface area contributed by atoms with Gasteiger partial charge in [-0.1, -0.05) is 18.2 Å². The Balaban J connectivity index is 2.12. The average Bonchev–Trinajstić information content (AvgIpc) is 2.66. The number of alkyl carbamates (subject to hydrolysis) is 1. The van der Waals surface area contributed by atoms with Crippen molar-refractivity contribution < 1.29 is 9.53 Å². The second-order valence-electron chi connectivity index (χ2n) is 3.80. The van der Waals surface area contributed by atoms with Gasteiger partial charge in [-0.15, -0.1) is 11.3 Å². The number of hydrogen-bond acceptors (Lipinski definition) is 3. The van der Waals surface area contributed by atoms with E-state index in [0.29, 0.717) is 6.54 Å². The number of carbonyl (C=O) groups is 1. The summed E-state index contributed by atoms with van der Waals surface area (Å²) in [6, 6.07) is 8.36. The van der Waals surface area contributed by atoms with E-state index < -0.39 is 0 Å². The molecule has 0 saturated heterocycles. The van der Waals surface area contributed by atoms with E-state index in [1.807, 2.05) is 6.07 Å². The molecule has 1 N–H and O–H groups in total. The topological polar surface area (TPSA) is 38.3 Å². The largest absolute Gasteiger partial charge is 0.453 e. The molecule has 0 fully saturated rings.